The fourth-order valence-electron chi connectivity index (χ4n) is 1.24. The lowest BCUT2D eigenvalue weighted by Gasteiger charge is -2.23. The molecule has 0 bridgehead atoms. The van der Waals surface area contributed by atoms with Gasteiger partial charge >= 0.3 is 0 Å². The number of hydrogen-bond acceptors (Lipinski definition) is 2. The van der Waals surface area contributed by atoms with Gasteiger partial charge in [0.15, 0.2) is 4.77 Å². The molecule has 1 atom stereocenters. The third-order valence-electron chi connectivity index (χ3n) is 1.97. The van der Waals surface area contributed by atoms with Crippen LogP contribution in [0.5, 0.6) is 0 Å². The fraction of sp³-hybridized carbons (Fsp3) is 0.600. The van der Waals surface area contributed by atoms with Gasteiger partial charge in [0.1, 0.15) is 6.04 Å². The van der Waals surface area contributed by atoms with Crippen LogP contribution in [0.4, 0.5) is 0 Å². The SMILES string of the molecule is CC(C(=O)NC(C)(C)C)n1cc[nH]c1=S. The summed E-state index contributed by atoms with van der Waals surface area (Å²) < 4.78 is 2.29. The predicted molar refractivity (Wildman–Crippen MR) is 62.2 cm³/mol. The molecule has 0 aliphatic heterocycles. The molecule has 1 aromatic heterocycles. The van der Waals surface area contributed by atoms with Gasteiger partial charge in [0.2, 0.25) is 5.91 Å². The molecular weight excluding hydrogens is 210 g/mol. The van der Waals surface area contributed by atoms with Gasteiger partial charge in [-0.2, -0.15) is 0 Å². The van der Waals surface area contributed by atoms with E-state index in [1.54, 1.807) is 17.0 Å². The van der Waals surface area contributed by atoms with Gasteiger partial charge in [0.25, 0.3) is 0 Å². The summed E-state index contributed by atoms with van der Waals surface area (Å²) in [6.45, 7) is 7.68. The van der Waals surface area contributed by atoms with E-state index in [0.29, 0.717) is 4.77 Å². The Balaban J connectivity index is 2.78. The Morgan fingerprint density at radius 2 is 2.20 bits per heavy atom. The minimum atomic E-state index is -0.289. The Morgan fingerprint density at radius 3 is 2.60 bits per heavy atom. The highest BCUT2D eigenvalue weighted by Gasteiger charge is 2.20. The van der Waals surface area contributed by atoms with E-state index in [9.17, 15) is 4.79 Å². The Morgan fingerprint density at radius 1 is 1.60 bits per heavy atom. The minimum Gasteiger partial charge on any atom is -0.350 e. The first-order valence-electron chi connectivity index (χ1n) is 4.89. The third kappa shape index (κ3) is 3.20. The monoisotopic (exact) mass is 227 g/mol. The molecule has 1 rings (SSSR count). The van der Waals surface area contributed by atoms with Gasteiger partial charge in [0, 0.05) is 17.9 Å². The maximum absolute atomic E-state index is 11.8. The Labute approximate surface area is 94.7 Å². The largest absolute Gasteiger partial charge is 0.350 e. The second kappa shape index (κ2) is 4.18. The zero-order valence-electron chi connectivity index (χ0n) is 9.50. The summed E-state index contributed by atoms with van der Waals surface area (Å²) in [6, 6.07) is -0.289. The normalized spacial score (nSPS) is 13.6. The number of amides is 1. The van der Waals surface area contributed by atoms with Gasteiger partial charge < -0.3 is 14.9 Å². The molecular formula is C10H17N3OS. The van der Waals surface area contributed by atoms with E-state index >= 15 is 0 Å². The number of nitrogens with one attached hydrogen (secondary N) is 2. The lowest BCUT2D eigenvalue weighted by atomic mass is 10.1. The summed E-state index contributed by atoms with van der Waals surface area (Å²) in [6.07, 6.45) is 3.50. The zero-order chi connectivity index (χ0) is 11.6. The maximum atomic E-state index is 11.8. The Hall–Kier alpha value is -1.10. The summed E-state index contributed by atoms with van der Waals surface area (Å²) in [7, 11) is 0. The molecule has 1 heterocycles. The van der Waals surface area contributed by atoms with Crippen LogP contribution < -0.4 is 5.32 Å². The highest BCUT2D eigenvalue weighted by molar-refractivity contribution is 7.71. The second-order valence-electron chi connectivity index (χ2n) is 4.59. The average molecular weight is 227 g/mol. The van der Waals surface area contributed by atoms with Gasteiger partial charge in [-0.15, -0.1) is 0 Å². The summed E-state index contributed by atoms with van der Waals surface area (Å²) in [5.74, 6) is -0.0294. The summed E-state index contributed by atoms with van der Waals surface area (Å²) in [5, 5.41) is 2.91. The molecule has 0 saturated heterocycles. The number of imidazole rings is 1. The minimum absolute atomic E-state index is 0.0294. The topological polar surface area (TPSA) is 49.8 Å². The van der Waals surface area contributed by atoms with Crippen LogP contribution in [0.3, 0.4) is 0 Å². The second-order valence-corrected chi connectivity index (χ2v) is 4.97. The first-order chi connectivity index (χ1) is 6.81. The van der Waals surface area contributed by atoms with Crippen molar-refractivity contribution in [2.75, 3.05) is 0 Å². The number of nitrogens with zero attached hydrogens (tertiary/aromatic N) is 1. The standard InChI is InChI=1S/C10H17N3OS/c1-7(8(14)12-10(2,3)4)13-6-5-11-9(13)15/h5-7H,1-4H3,(H,11,15)(H,12,14). The molecule has 0 fully saturated rings. The first-order valence-corrected chi connectivity index (χ1v) is 5.29. The van der Waals surface area contributed by atoms with Crippen LogP contribution >= 0.6 is 12.2 Å². The Bertz CT molecular complexity index is 399. The molecule has 4 nitrogen and oxygen atoms in total. The van der Waals surface area contributed by atoms with Crippen molar-refractivity contribution in [3.8, 4) is 0 Å². The van der Waals surface area contributed by atoms with Gasteiger partial charge in [0.05, 0.1) is 0 Å². The van der Waals surface area contributed by atoms with Crippen molar-refractivity contribution in [3.63, 3.8) is 0 Å². The average Bonchev–Trinajstić information content (AvgIpc) is 2.47. The first kappa shape index (κ1) is 12.0. The van der Waals surface area contributed by atoms with E-state index in [1.807, 2.05) is 27.7 Å². The van der Waals surface area contributed by atoms with Gasteiger partial charge in [-0.1, -0.05) is 0 Å². The molecule has 84 valence electrons. The summed E-state index contributed by atoms with van der Waals surface area (Å²) in [5.41, 5.74) is -0.218. The maximum Gasteiger partial charge on any atom is 0.243 e. The molecule has 1 amide bonds. The molecule has 0 aliphatic carbocycles. The molecule has 0 saturated carbocycles. The summed E-state index contributed by atoms with van der Waals surface area (Å²) >= 11 is 5.05. The van der Waals surface area contributed by atoms with Crippen molar-refractivity contribution in [1.29, 1.82) is 0 Å². The van der Waals surface area contributed by atoms with E-state index < -0.39 is 0 Å². The number of hydrogen-bond donors (Lipinski definition) is 2. The van der Waals surface area contributed by atoms with Gasteiger partial charge in [-0.05, 0) is 39.9 Å². The van der Waals surface area contributed by atoms with Gasteiger partial charge in [-0.25, -0.2) is 0 Å². The van der Waals surface area contributed by atoms with Gasteiger partial charge in [-0.3, -0.25) is 4.79 Å². The molecule has 1 aromatic rings. The van der Waals surface area contributed by atoms with E-state index in [1.165, 1.54) is 0 Å². The van der Waals surface area contributed by atoms with Crippen LogP contribution in [0.2, 0.25) is 0 Å². The van der Waals surface area contributed by atoms with Crippen molar-refractivity contribution in [3.05, 3.63) is 17.2 Å². The lowest BCUT2D eigenvalue weighted by Crippen LogP contribution is -2.43. The number of H-pyrrole nitrogens is 1. The molecule has 0 spiro atoms. The zero-order valence-corrected chi connectivity index (χ0v) is 10.3. The van der Waals surface area contributed by atoms with E-state index in [-0.39, 0.29) is 17.5 Å². The van der Waals surface area contributed by atoms with Crippen LogP contribution in [-0.4, -0.2) is 21.0 Å². The Kier molecular flexibility index (Phi) is 3.34. The number of rotatable bonds is 2. The van der Waals surface area contributed by atoms with Crippen LogP contribution in [0.25, 0.3) is 0 Å². The van der Waals surface area contributed by atoms with Crippen molar-refractivity contribution in [2.45, 2.75) is 39.3 Å². The quantitative estimate of drug-likeness (QED) is 0.759. The smallest absolute Gasteiger partial charge is 0.243 e. The number of carbonyl (C=O) groups is 1. The molecule has 15 heavy (non-hydrogen) atoms. The highest BCUT2D eigenvalue weighted by Crippen LogP contribution is 2.09. The molecule has 0 radical (unpaired) electrons. The van der Waals surface area contributed by atoms with E-state index in [4.69, 9.17) is 12.2 Å². The van der Waals surface area contributed by atoms with Crippen LogP contribution in [0, 0.1) is 4.77 Å². The van der Waals surface area contributed by atoms with Crippen molar-refractivity contribution >= 4 is 18.1 Å². The molecule has 5 heteroatoms. The van der Waals surface area contributed by atoms with Crippen molar-refractivity contribution in [1.82, 2.24) is 14.9 Å². The van der Waals surface area contributed by atoms with E-state index in [2.05, 4.69) is 10.3 Å². The van der Waals surface area contributed by atoms with E-state index in [0.717, 1.165) is 0 Å². The molecule has 2 N–H and O–H groups in total. The highest BCUT2D eigenvalue weighted by atomic mass is 32.1. The number of carbonyl (C=O) groups excluding carboxylic acids is 1. The molecule has 0 aliphatic rings. The van der Waals surface area contributed by atoms with Crippen LogP contribution in [-0.2, 0) is 4.79 Å². The number of aromatic amines is 1. The molecule has 0 aromatic carbocycles. The molecule has 1 unspecified atom stereocenters. The van der Waals surface area contributed by atoms with Crippen molar-refractivity contribution < 1.29 is 4.79 Å². The third-order valence-corrected chi connectivity index (χ3v) is 2.30. The van der Waals surface area contributed by atoms with Crippen LogP contribution in [0.15, 0.2) is 12.4 Å². The number of aromatic nitrogens is 2. The van der Waals surface area contributed by atoms with Crippen molar-refractivity contribution in [2.24, 2.45) is 0 Å². The lowest BCUT2D eigenvalue weighted by molar-refractivity contribution is -0.125. The van der Waals surface area contributed by atoms with Crippen LogP contribution in [0.1, 0.15) is 33.7 Å². The summed E-state index contributed by atoms with van der Waals surface area (Å²) in [4.78, 5) is 14.7. The predicted octanol–water partition coefficient (Wildman–Crippen LogP) is 2.02. The fourth-order valence-corrected chi connectivity index (χ4v) is 1.52.